The van der Waals surface area contributed by atoms with Crippen LogP contribution in [0.4, 0.5) is 0 Å². The van der Waals surface area contributed by atoms with Gasteiger partial charge >= 0.3 is 0 Å². The number of rotatable bonds is 8. The van der Waals surface area contributed by atoms with Gasteiger partial charge in [0.05, 0.1) is 13.2 Å². The number of thioether (sulfide) groups is 1. The highest BCUT2D eigenvalue weighted by Crippen LogP contribution is 2.15. The molecule has 0 aliphatic carbocycles. The average molecular weight is 450 g/mol. The van der Waals surface area contributed by atoms with Crippen LogP contribution in [0.25, 0.3) is 0 Å². The molecule has 5 nitrogen and oxygen atoms in total. The van der Waals surface area contributed by atoms with Crippen LogP contribution in [0.1, 0.15) is 6.42 Å². The lowest BCUT2D eigenvalue weighted by Gasteiger charge is -2.26. The van der Waals surface area contributed by atoms with E-state index in [4.69, 9.17) is 10.5 Å². The molecular weight excluding hydrogens is 423 g/mol. The highest BCUT2D eigenvalue weighted by molar-refractivity contribution is 14.0. The van der Waals surface area contributed by atoms with E-state index in [1.807, 2.05) is 17.8 Å². The number of nitrogens with zero attached hydrogens (tertiary/aromatic N) is 2. The maximum Gasteiger partial charge on any atom is 0.188 e. The fraction of sp³-hybridized carbons (Fsp3) is 0.562. The molecule has 1 fully saturated rings. The van der Waals surface area contributed by atoms with Gasteiger partial charge in [0.15, 0.2) is 5.96 Å². The van der Waals surface area contributed by atoms with Gasteiger partial charge < -0.3 is 15.8 Å². The maximum atomic E-state index is 5.87. The first kappa shape index (κ1) is 20.5. The molecular formula is C16H27IN4OS. The van der Waals surface area contributed by atoms with Gasteiger partial charge in [-0.05, 0) is 18.6 Å². The third kappa shape index (κ3) is 9.39. The minimum absolute atomic E-state index is 0. The molecule has 1 aromatic carbocycles. The molecule has 1 aliphatic rings. The normalized spacial score (nSPS) is 15.9. The first-order chi connectivity index (χ1) is 10.8. The lowest BCUT2D eigenvalue weighted by molar-refractivity contribution is 0.0377. The lowest BCUT2D eigenvalue weighted by atomic mass is 10.3. The quantitative estimate of drug-likeness (QED) is 0.209. The van der Waals surface area contributed by atoms with Crippen molar-refractivity contribution in [3.8, 4) is 0 Å². The average Bonchev–Trinajstić information content (AvgIpc) is 2.57. The second-order valence-corrected chi connectivity index (χ2v) is 6.33. The van der Waals surface area contributed by atoms with Crippen molar-refractivity contribution in [3.63, 3.8) is 0 Å². The van der Waals surface area contributed by atoms with Gasteiger partial charge in [0.1, 0.15) is 0 Å². The molecule has 0 bridgehead atoms. The van der Waals surface area contributed by atoms with Gasteiger partial charge in [-0.25, -0.2) is 0 Å². The maximum absolute atomic E-state index is 5.87. The summed E-state index contributed by atoms with van der Waals surface area (Å²) < 4.78 is 5.33. The molecule has 0 atom stereocenters. The van der Waals surface area contributed by atoms with Crippen molar-refractivity contribution in [2.24, 2.45) is 10.7 Å². The minimum atomic E-state index is 0. The zero-order valence-corrected chi connectivity index (χ0v) is 16.6. The van der Waals surface area contributed by atoms with Crippen LogP contribution in [-0.4, -0.2) is 62.5 Å². The number of ether oxygens (including phenoxy) is 1. The Morgan fingerprint density at radius 1 is 1.26 bits per heavy atom. The van der Waals surface area contributed by atoms with Crippen molar-refractivity contribution in [3.05, 3.63) is 30.3 Å². The van der Waals surface area contributed by atoms with Gasteiger partial charge in [-0.2, -0.15) is 0 Å². The van der Waals surface area contributed by atoms with E-state index in [0.717, 1.165) is 58.1 Å². The molecule has 1 aliphatic heterocycles. The van der Waals surface area contributed by atoms with Gasteiger partial charge in [-0.3, -0.25) is 9.89 Å². The van der Waals surface area contributed by atoms with E-state index in [1.54, 1.807) is 0 Å². The van der Waals surface area contributed by atoms with Crippen LogP contribution in [0.5, 0.6) is 0 Å². The third-order valence-corrected chi connectivity index (χ3v) is 4.45. The van der Waals surface area contributed by atoms with Crippen molar-refractivity contribution >= 4 is 41.7 Å². The zero-order valence-electron chi connectivity index (χ0n) is 13.4. The lowest BCUT2D eigenvalue weighted by Crippen LogP contribution is -2.37. The Labute approximate surface area is 160 Å². The summed E-state index contributed by atoms with van der Waals surface area (Å²) in [6.45, 7) is 6.46. The number of nitrogens with one attached hydrogen (secondary N) is 1. The number of aliphatic imine (C=N–C) groups is 1. The Morgan fingerprint density at radius 3 is 2.74 bits per heavy atom. The molecule has 0 aromatic heterocycles. The van der Waals surface area contributed by atoms with Crippen LogP contribution < -0.4 is 11.1 Å². The topological polar surface area (TPSA) is 62.9 Å². The second-order valence-electron chi connectivity index (χ2n) is 5.16. The first-order valence-electron chi connectivity index (χ1n) is 7.86. The molecule has 7 heteroatoms. The van der Waals surface area contributed by atoms with Crippen molar-refractivity contribution in [1.29, 1.82) is 0 Å². The Bertz CT molecular complexity index is 441. The van der Waals surface area contributed by atoms with Crippen LogP contribution in [0.2, 0.25) is 0 Å². The van der Waals surface area contributed by atoms with Crippen molar-refractivity contribution in [1.82, 2.24) is 10.2 Å². The number of hydrogen-bond acceptors (Lipinski definition) is 4. The minimum Gasteiger partial charge on any atom is -0.379 e. The first-order valence-corrected chi connectivity index (χ1v) is 8.85. The number of hydrogen-bond donors (Lipinski definition) is 2. The number of morpholine rings is 1. The Hall–Kier alpha value is -0.510. The van der Waals surface area contributed by atoms with E-state index in [9.17, 15) is 0 Å². The Kier molecular flexibility index (Phi) is 11.5. The number of halogens is 1. The van der Waals surface area contributed by atoms with Gasteiger partial charge in [0.2, 0.25) is 0 Å². The molecule has 1 saturated heterocycles. The van der Waals surface area contributed by atoms with Crippen molar-refractivity contribution in [2.45, 2.75) is 11.3 Å². The third-order valence-electron chi connectivity index (χ3n) is 3.44. The van der Waals surface area contributed by atoms with E-state index in [0.29, 0.717) is 5.96 Å². The van der Waals surface area contributed by atoms with Gasteiger partial charge in [0.25, 0.3) is 0 Å². The molecule has 0 amide bonds. The molecule has 0 unspecified atom stereocenters. The Morgan fingerprint density at radius 2 is 2.00 bits per heavy atom. The molecule has 130 valence electrons. The summed E-state index contributed by atoms with van der Waals surface area (Å²) in [6.07, 6.45) is 1.04. The van der Waals surface area contributed by atoms with Crippen LogP contribution in [0.3, 0.4) is 0 Å². The monoisotopic (exact) mass is 450 g/mol. The summed E-state index contributed by atoms with van der Waals surface area (Å²) in [5, 5.41) is 3.16. The number of guanidine groups is 1. The molecule has 0 saturated carbocycles. The van der Waals surface area contributed by atoms with Crippen LogP contribution in [-0.2, 0) is 4.74 Å². The predicted octanol–water partition coefficient (Wildman–Crippen LogP) is 2.02. The highest BCUT2D eigenvalue weighted by atomic mass is 127. The molecule has 3 N–H and O–H groups in total. The van der Waals surface area contributed by atoms with Gasteiger partial charge in [-0.15, -0.1) is 35.7 Å². The SMILES string of the molecule is I.NC(=NCCCN1CCOCC1)NCCSc1ccccc1. The molecule has 23 heavy (non-hydrogen) atoms. The molecule has 1 aromatic rings. The van der Waals surface area contributed by atoms with Gasteiger partial charge in [0, 0.05) is 43.4 Å². The smallest absolute Gasteiger partial charge is 0.188 e. The van der Waals surface area contributed by atoms with Crippen LogP contribution >= 0.6 is 35.7 Å². The summed E-state index contributed by atoms with van der Waals surface area (Å²) in [7, 11) is 0. The van der Waals surface area contributed by atoms with E-state index in [-0.39, 0.29) is 24.0 Å². The number of nitrogens with two attached hydrogens (primary N) is 1. The molecule has 0 spiro atoms. The standard InChI is InChI=1S/C16H26N4OS.HI/c17-16(18-7-4-9-20-10-12-21-13-11-20)19-8-14-22-15-5-2-1-3-6-15;/h1-3,5-6H,4,7-14H2,(H3,17,18,19);1H. The molecule has 1 heterocycles. The summed E-state index contributed by atoms with van der Waals surface area (Å²) in [4.78, 5) is 8.07. The fourth-order valence-corrected chi connectivity index (χ4v) is 3.03. The molecule has 2 rings (SSSR count). The highest BCUT2D eigenvalue weighted by Gasteiger charge is 2.08. The largest absolute Gasteiger partial charge is 0.379 e. The van der Waals surface area contributed by atoms with E-state index in [2.05, 4.69) is 39.5 Å². The molecule has 0 radical (unpaired) electrons. The van der Waals surface area contributed by atoms with Gasteiger partial charge in [-0.1, -0.05) is 18.2 Å². The fourth-order valence-electron chi connectivity index (χ4n) is 2.24. The van der Waals surface area contributed by atoms with Crippen LogP contribution in [0, 0.1) is 0 Å². The van der Waals surface area contributed by atoms with Crippen molar-refractivity contribution in [2.75, 3.05) is 51.7 Å². The summed E-state index contributed by atoms with van der Waals surface area (Å²) >= 11 is 1.82. The van der Waals surface area contributed by atoms with E-state index < -0.39 is 0 Å². The predicted molar refractivity (Wildman–Crippen MR) is 109 cm³/mol. The van der Waals surface area contributed by atoms with Crippen LogP contribution in [0.15, 0.2) is 40.2 Å². The Balaban J connectivity index is 0.00000264. The van der Waals surface area contributed by atoms with Crippen molar-refractivity contribution < 1.29 is 4.74 Å². The summed E-state index contributed by atoms with van der Waals surface area (Å²) in [6, 6.07) is 10.4. The second kappa shape index (κ2) is 12.9. The zero-order chi connectivity index (χ0) is 15.5. The van der Waals surface area contributed by atoms with E-state index in [1.165, 1.54) is 4.90 Å². The summed E-state index contributed by atoms with van der Waals surface area (Å²) in [5.41, 5.74) is 5.87. The van der Waals surface area contributed by atoms with E-state index >= 15 is 0 Å². The summed E-state index contributed by atoms with van der Waals surface area (Å²) in [5.74, 6) is 1.53. The number of benzene rings is 1.